The molecule has 0 spiro atoms. The summed E-state index contributed by atoms with van der Waals surface area (Å²) < 4.78 is 5.05. The van der Waals surface area contributed by atoms with Crippen molar-refractivity contribution >= 4 is 29.5 Å². The lowest BCUT2D eigenvalue weighted by Gasteiger charge is -2.24. The highest BCUT2D eigenvalue weighted by molar-refractivity contribution is 7.99. The summed E-state index contributed by atoms with van der Waals surface area (Å²) in [7, 11) is 0. The largest absolute Gasteiger partial charge is 0.464 e. The summed E-state index contributed by atoms with van der Waals surface area (Å²) >= 11 is 1.62. The number of carbonyl (C=O) groups excluding carboxylic acids is 3. The zero-order valence-electron chi connectivity index (χ0n) is 15.5. The van der Waals surface area contributed by atoms with Crippen molar-refractivity contribution in [3.63, 3.8) is 0 Å². The van der Waals surface area contributed by atoms with Crippen molar-refractivity contribution in [2.75, 3.05) is 18.1 Å². The van der Waals surface area contributed by atoms with Gasteiger partial charge in [0, 0.05) is 12.2 Å². The van der Waals surface area contributed by atoms with E-state index in [1.165, 1.54) is 0 Å². The number of amides is 2. The summed E-state index contributed by atoms with van der Waals surface area (Å²) in [6.07, 6.45) is 2.46. The van der Waals surface area contributed by atoms with Gasteiger partial charge in [-0.3, -0.25) is 9.59 Å². The third kappa shape index (κ3) is 9.15. The number of carbonyl (C=O) groups is 3. The number of hydrogen-bond donors (Lipinski definition) is 2. The molecule has 2 N–H and O–H groups in total. The van der Waals surface area contributed by atoms with Crippen LogP contribution in [-0.2, 0) is 19.1 Å². The summed E-state index contributed by atoms with van der Waals surface area (Å²) in [6, 6.07) is -1.35. The summed E-state index contributed by atoms with van der Waals surface area (Å²) in [5, 5.41) is 5.45. The van der Waals surface area contributed by atoms with Crippen LogP contribution in [0.5, 0.6) is 0 Å². The quantitative estimate of drug-likeness (QED) is 0.411. The number of hydrogen-bond acceptors (Lipinski definition) is 5. The van der Waals surface area contributed by atoms with E-state index in [9.17, 15) is 14.4 Å². The van der Waals surface area contributed by atoms with Crippen LogP contribution >= 0.6 is 11.8 Å². The van der Waals surface area contributed by atoms with E-state index in [0.29, 0.717) is 12.2 Å². The lowest BCUT2D eigenvalue weighted by molar-refractivity contribution is -0.147. The van der Waals surface area contributed by atoms with E-state index in [2.05, 4.69) is 17.6 Å². The number of ether oxygens (including phenoxy) is 1. The monoisotopic (exact) mass is 360 g/mol. The van der Waals surface area contributed by atoms with Gasteiger partial charge in [-0.25, -0.2) is 4.79 Å². The standard InChI is InChI=1S/C17H32N2O4S/c1-6-9-10-24-11-13(17(22)23-8-3)18-16(21)15(12(4)5)19-14(20)7-2/h12-13,15H,6-11H2,1-5H3,(H,18,21)(H,19,20)/t13-,15-/m0/s1. The molecular weight excluding hydrogens is 328 g/mol. The van der Waals surface area contributed by atoms with Gasteiger partial charge in [0.1, 0.15) is 12.1 Å². The smallest absolute Gasteiger partial charge is 0.329 e. The first-order chi connectivity index (χ1) is 11.4. The maximum absolute atomic E-state index is 12.5. The van der Waals surface area contributed by atoms with Crippen molar-refractivity contribution in [1.82, 2.24) is 10.6 Å². The van der Waals surface area contributed by atoms with Gasteiger partial charge in [-0.2, -0.15) is 11.8 Å². The third-order valence-corrected chi connectivity index (χ3v) is 4.55. The molecular formula is C17H32N2O4S. The molecule has 2 atom stereocenters. The number of nitrogens with one attached hydrogen (secondary N) is 2. The molecule has 0 aliphatic carbocycles. The second kappa shape index (κ2) is 13.1. The molecule has 2 amide bonds. The van der Waals surface area contributed by atoms with Gasteiger partial charge >= 0.3 is 5.97 Å². The minimum atomic E-state index is -0.695. The van der Waals surface area contributed by atoms with E-state index in [-0.39, 0.29) is 24.3 Å². The molecule has 0 rings (SSSR count). The Kier molecular flexibility index (Phi) is 12.4. The van der Waals surface area contributed by atoms with Crippen LogP contribution in [0.2, 0.25) is 0 Å². The minimum absolute atomic E-state index is 0.0731. The SMILES string of the molecule is CCCCSC[C@H](NC(=O)[C@@H](NC(=O)CC)C(C)C)C(=O)OCC. The number of unbranched alkanes of at least 4 members (excludes halogenated alkanes) is 1. The summed E-state index contributed by atoms with van der Waals surface area (Å²) in [4.78, 5) is 36.2. The summed E-state index contributed by atoms with van der Waals surface area (Å²) in [5.41, 5.74) is 0. The molecule has 0 unspecified atom stereocenters. The van der Waals surface area contributed by atoms with Crippen LogP contribution < -0.4 is 10.6 Å². The van der Waals surface area contributed by atoms with Crippen molar-refractivity contribution in [2.24, 2.45) is 5.92 Å². The van der Waals surface area contributed by atoms with E-state index >= 15 is 0 Å². The predicted octanol–water partition coefficient (Wildman–Crippen LogP) is 2.12. The van der Waals surface area contributed by atoms with Gasteiger partial charge < -0.3 is 15.4 Å². The summed E-state index contributed by atoms with van der Waals surface area (Å²) in [5.74, 6) is 0.365. The van der Waals surface area contributed by atoms with Crippen LogP contribution in [0.3, 0.4) is 0 Å². The number of esters is 1. The molecule has 140 valence electrons. The third-order valence-electron chi connectivity index (χ3n) is 3.40. The van der Waals surface area contributed by atoms with E-state index < -0.39 is 18.1 Å². The first-order valence-corrected chi connectivity index (χ1v) is 9.86. The molecule has 0 saturated carbocycles. The number of thioether (sulfide) groups is 1. The second-order valence-corrected chi connectivity index (χ2v) is 7.03. The Balaban J connectivity index is 4.83. The van der Waals surface area contributed by atoms with Crippen molar-refractivity contribution < 1.29 is 19.1 Å². The van der Waals surface area contributed by atoms with Gasteiger partial charge in [0.25, 0.3) is 0 Å². The van der Waals surface area contributed by atoms with Gasteiger partial charge in [0.2, 0.25) is 11.8 Å². The predicted molar refractivity (Wildman–Crippen MR) is 97.9 cm³/mol. The average Bonchev–Trinajstić information content (AvgIpc) is 2.54. The maximum Gasteiger partial charge on any atom is 0.329 e. The van der Waals surface area contributed by atoms with E-state index in [1.54, 1.807) is 25.6 Å². The fraction of sp³-hybridized carbons (Fsp3) is 0.824. The Bertz CT molecular complexity index is 402. The van der Waals surface area contributed by atoms with Gasteiger partial charge in [-0.1, -0.05) is 34.1 Å². The van der Waals surface area contributed by atoms with Crippen LogP contribution in [0.25, 0.3) is 0 Å². The highest BCUT2D eigenvalue weighted by Gasteiger charge is 2.29. The molecule has 0 radical (unpaired) electrons. The molecule has 6 nitrogen and oxygen atoms in total. The van der Waals surface area contributed by atoms with Crippen LogP contribution in [-0.4, -0.2) is 48.0 Å². The van der Waals surface area contributed by atoms with Gasteiger partial charge in [-0.05, 0) is 25.0 Å². The molecule has 0 aromatic heterocycles. The zero-order chi connectivity index (χ0) is 18.5. The molecule has 24 heavy (non-hydrogen) atoms. The maximum atomic E-state index is 12.5. The topological polar surface area (TPSA) is 84.5 Å². The van der Waals surface area contributed by atoms with E-state index in [0.717, 1.165) is 18.6 Å². The van der Waals surface area contributed by atoms with Crippen LogP contribution in [0.1, 0.15) is 53.9 Å². The number of rotatable bonds is 12. The molecule has 0 aliphatic heterocycles. The minimum Gasteiger partial charge on any atom is -0.464 e. The lowest BCUT2D eigenvalue weighted by atomic mass is 10.0. The molecule has 0 fully saturated rings. The van der Waals surface area contributed by atoms with E-state index in [4.69, 9.17) is 4.74 Å². The molecule has 0 heterocycles. The molecule has 0 bridgehead atoms. The van der Waals surface area contributed by atoms with Crippen molar-refractivity contribution in [1.29, 1.82) is 0 Å². The fourth-order valence-electron chi connectivity index (χ4n) is 1.93. The van der Waals surface area contributed by atoms with Crippen LogP contribution in [0.4, 0.5) is 0 Å². The van der Waals surface area contributed by atoms with Gasteiger partial charge in [-0.15, -0.1) is 0 Å². The first kappa shape index (κ1) is 22.8. The van der Waals surface area contributed by atoms with Crippen LogP contribution in [0.15, 0.2) is 0 Å². The average molecular weight is 361 g/mol. The Morgan fingerprint density at radius 1 is 1.08 bits per heavy atom. The Morgan fingerprint density at radius 3 is 2.25 bits per heavy atom. The molecule has 7 heteroatoms. The van der Waals surface area contributed by atoms with Gasteiger partial charge in [0.05, 0.1) is 6.61 Å². The van der Waals surface area contributed by atoms with Crippen molar-refractivity contribution in [3.8, 4) is 0 Å². The van der Waals surface area contributed by atoms with Gasteiger partial charge in [0.15, 0.2) is 0 Å². The van der Waals surface area contributed by atoms with Crippen LogP contribution in [0, 0.1) is 5.92 Å². The molecule has 0 aromatic carbocycles. The fourth-order valence-corrected chi connectivity index (χ4v) is 3.05. The molecule has 0 aliphatic rings. The molecule has 0 saturated heterocycles. The lowest BCUT2D eigenvalue weighted by Crippen LogP contribution is -2.54. The highest BCUT2D eigenvalue weighted by atomic mass is 32.2. The highest BCUT2D eigenvalue weighted by Crippen LogP contribution is 2.09. The van der Waals surface area contributed by atoms with Crippen molar-refractivity contribution in [3.05, 3.63) is 0 Å². The Hall–Kier alpha value is -1.24. The Morgan fingerprint density at radius 2 is 1.75 bits per heavy atom. The Labute approximate surface area is 149 Å². The van der Waals surface area contributed by atoms with Crippen molar-refractivity contribution in [2.45, 2.75) is 66.0 Å². The second-order valence-electron chi connectivity index (χ2n) is 5.88. The summed E-state index contributed by atoms with van der Waals surface area (Å²) in [6.45, 7) is 9.56. The molecule has 0 aromatic rings. The zero-order valence-corrected chi connectivity index (χ0v) is 16.3. The normalized spacial score (nSPS) is 13.2. The van der Waals surface area contributed by atoms with E-state index in [1.807, 2.05) is 13.8 Å². The first-order valence-electron chi connectivity index (χ1n) is 8.71.